The van der Waals surface area contributed by atoms with Gasteiger partial charge in [0.25, 0.3) is 0 Å². The molecule has 0 amide bonds. The quantitative estimate of drug-likeness (QED) is 0.878. The smallest absolute Gasteiger partial charge is 0.212 e. The third-order valence-corrected chi connectivity index (χ3v) is 3.42. The molecule has 2 aromatic rings. The summed E-state index contributed by atoms with van der Waals surface area (Å²) in [6.07, 6.45) is 2.04. The summed E-state index contributed by atoms with van der Waals surface area (Å²) in [6, 6.07) is 6.02. The molecule has 1 aromatic heterocycles. The molecule has 3 nitrogen and oxygen atoms in total. The Morgan fingerprint density at radius 2 is 2.12 bits per heavy atom. The Labute approximate surface area is 102 Å². The van der Waals surface area contributed by atoms with Crippen molar-refractivity contribution >= 4 is 11.1 Å². The second-order valence-electron chi connectivity index (χ2n) is 4.62. The highest BCUT2D eigenvalue weighted by atomic mass is 16.3. The fourth-order valence-electron chi connectivity index (χ4n) is 1.85. The average molecular weight is 232 g/mol. The molecule has 17 heavy (non-hydrogen) atoms. The van der Waals surface area contributed by atoms with Crippen LogP contribution in [0.3, 0.4) is 0 Å². The van der Waals surface area contributed by atoms with E-state index < -0.39 is 0 Å². The highest BCUT2D eigenvalue weighted by molar-refractivity contribution is 5.73. The van der Waals surface area contributed by atoms with Gasteiger partial charge in [-0.05, 0) is 30.0 Å². The van der Waals surface area contributed by atoms with E-state index in [1.165, 1.54) is 5.56 Å². The van der Waals surface area contributed by atoms with Crippen LogP contribution in [-0.4, -0.2) is 4.98 Å². The van der Waals surface area contributed by atoms with Crippen LogP contribution in [-0.2, 0) is 6.42 Å². The summed E-state index contributed by atoms with van der Waals surface area (Å²) in [5.41, 5.74) is 9.14. The van der Waals surface area contributed by atoms with Gasteiger partial charge >= 0.3 is 0 Å². The van der Waals surface area contributed by atoms with Crippen LogP contribution in [0.2, 0.25) is 0 Å². The van der Waals surface area contributed by atoms with Crippen LogP contribution in [0.5, 0.6) is 0 Å². The van der Waals surface area contributed by atoms with Crippen LogP contribution in [0, 0.1) is 5.92 Å². The van der Waals surface area contributed by atoms with E-state index in [1.807, 2.05) is 6.07 Å². The summed E-state index contributed by atoms with van der Waals surface area (Å²) < 4.78 is 5.72. The monoisotopic (exact) mass is 232 g/mol. The van der Waals surface area contributed by atoms with E-state index in [4.69, 9.17) is 10.2 Å². The molecule has 0 saturated carbocycles. The van der Waals surface area contributed by atoms with Crippen molar-refractivity contribution in [1.29, 1.82) is 0 Å². The largest absolute Gasteiger partial charge is 0.439 e. The molecule has 2 unspecified atom stereocenters. The molecule has 0 bridgehead atoms. The zero-order chi connectivity index (χ0) is 12.4. The number of oxazole rings is 1. The van der Waals surface area contributed by atoms with Crippen LogP contribution in [0.25, 0.3) is 11.1 Å². The van der Waals surface area contributed by atoms with Gasteiger partial charge in [0.15, 0.2) is 5.58 Å². The first-order chi connectivity index (χ1) is 8.15. The molecule has 0 fully saturated rings. The van der Waals surface area contributed by atoms with Crippen molar-refractivity contribution in [2.45, 2.75) is 39.7 Å². The van der Waals surface area contributed by atoms with Crippen LogP contribution < -0.4 is 5.73 Å². The van der Waals surface area contributed by atoms with Crippen molar-refractivity contribution in [3.05, 3.63) is 29.7 Å². The van der Waals surface area contributed by atoms with Crippen LogP contribution in [0.15, 0.2) is 22.6 Å². The summed E-state index contributed by atoms with van der Waals surface area (Å²) in [4.78, 5) is 4.50. The van der Waals surface area contributed by atoms with Gasteiger partial charge in [0.1, 0.15) is 5.52 Å². The number of hydrogen-bond acceptors (Lipinski definition) is 3. The van der Waals surface area contributed by atoms with Crippen LogP contribution in [0.1, 0.15) is 44.7 Å². The molecule has 1 heterocycles. The van der Waals surface area contributed by atoms with E-state index in [9.17, 15) is 0 Å². The van der Waals surface area contributed by atoms with E-state index in [0.29, 0.717) is 11.8 Å². The number of fused-ring (bicyclic) bond motifs is 1. The molecule has 2 atom stereocenters. The Morgan fingerprint density at radius 1 is 1.35 bits per heavy atom. The van der Waals surface area contributed by atoms with E-state index in [1.54, 1.807) is 0 Å². The van der Waals surface area contributed by atoms with Crippen LogP contribution in [0.4, 0.5) is 0 Å². The highest BCUT2D eigenvalue weighted by Crippen LogP contribution is 2.25. The molecule has 0 saturated heterocycles. The summed E-state index contributed by atoms with van der Waals surface area (Å²) in [7, 11) is 0. The molecular weight excluding hydrogens is 212 g/mol. The number of nitrogens with two attached hydrogens (primary N) is 1. The standard InChI is InChI=1S/C14H20N2O/c1-4-9(3)13(15)14-16-11-8-10(5-2)6-7-12(11)17-14/h6-9,13H,4-5,15H2,1-3H3. The number of rotatable bonds is 4. The first-order valence-electron chi connectivity index (χ1n) is 6.30. The molecule has 3 heteroatoms. The molecule has 0 aliphatic rings. The first kappa shape index (κ1) is 12.1. The van der Waals surface area contributed by atoms with Gasteiger partial charge in [0, 0.05) is 0 Å². The SMILES string of the molecule is CCc1ccc2oc(C(N)C(C)CC)nc2c1. The third kappa shape index (κ3) is 2.34. The maximum Gasteiger partial charge on any atom is 0.212 e. The molecule has 2 rings (SSSR count). The minimum atomic E-state index is -0.113. The fraction of sp³-hybridized carbons (Fsp3) is 0.500. The molecule has 0 radical (unpaired) electrons. The van der Waals surface area contributed by atoms with Gasteiger partial charge in [0.2, 0.25) is 5.89 Å². The van der Waals surface area contributed by atoms with Gasteiger partial charge in [0.05, 0.1) is 6.04 Å². The Balaban J connectivity index is 2.37. The number of nitrogens with zero attached hydrogens (tertiary/aromatic N) is 1. The summed E-state index contributed by atoms with van der Waals surface area (Å²) in [6.45, 7) is 6.38. The molecule has 1 aromatic carbocycles. The number of benzene rings is 1. The average Bonchev–Trinajstić information content (AvgIpc) is 2.79. The molecule has 0 aliphatic heterocycles. The lowest BCUT2D eigenvalue weighted by atomic mass is 10.0. The third-order valence-electron chi connectivity index (χ3n) is 3.42. The molecule has 2 N–H and O–H groups in total. The molecule has 92 valence electrons. The second-order valence-corrected chi connectivity index (χ2v) is 4.62. The minimum Gasteiger partial charge on any atom is -0.439 e. The van der Waals surface area contributed by atoms with Crippen molar-refractivity contribution in [3.63, 3.8) is 0 Å². The predicted molar refractivity (Wildman–Crippen MR) is 69.8 cm³/mol. The summed E-state index contributed by atoms with van der Waals surface area (Å²) in [5, 5.41) is 0. The Hall–Kier alpha value is -1.35. The Morgan fingerprint density at radius 3 is 2.76 bits per heavy atom. The van der Waals surface area contributed by atoms with E-state index >= 15 is 0 Å². The number of hydrogen-bond donors (Lipinski definition) is 1. The lowest BCUT2D eigenvalue weighted by Crippen LogP contribution is -2.18. The Bertz CT molecular complexity index is 504. The maximum absolute atomic E-state index is 6.13. The summed E-state index contributed by atoms with van der Waals surface area (Å²) >= 11 is 0. The topological polar surface area (TPSA) is 52.0 Å². The highest BCUT2D eigenvalue weighted by Gasteiger charge is 2.19. The van der Waals surface area contributed by atoms with Crippen molar-refractivity contribution in [1.82, 2.24) is 4.98 Å². The number of aromatic nitrogens is 1. The van der Waals surface area contributed by atoms with Crippen molar-refractivity contribution in [3.8, 4) is 0 Å². The zero-order valence-corrected chi connectivity index (χ0v) is 10.7. The maximum atomic E-state index is 6.13. The van der Waals surface area contributed by atoms with Crippen molar-refractivity contribution < 1.29 is 4.42 Å². The van der Waals surface area contributed by atoms with Gasteiger partial charge < -0.3 is 10.2 Å². The van der Waals surface area contributed by atoms with Crippen molar-refractivity contribution in [2.75, 3.05) is 0 Å². The second kappa shape index (κ2) is 4.88. The van der Waals surface area contributed by atoms with Gasteiger partial charge in [-0.15, -0.1) is 0 Å². The van der Waals surface area contributed by atoms with E-state index in [2.05, 4.69) is 37.9 Å². The van der Waals surface area contributed by atoms with Gasteiger partial charge in [-0.3, -0.25) is 0 Å². The summed E-state index contributed by atoms with van der Waals surface area (Å²) in [5.74, 6) is 1.04. The van der Waals surface area contributed by atoms with Gasteiger partial charge in [-0.2, -0.15) is 0 Å². The molecule has 0 aliphatic carbocycles. The predicted octanol–water partition coefficient (Wildman–Crippen LogP) is 3.44. The van der Waals surface area contributed by atoms with E-state index in [0.717, 1.165) is 23.9 Å². The fourth-order valence-corrected chi connectivity index (χ4v) is 1.85. The lowest BCUT2D eigenvalue weighted by Gasteiger charge is -2.13. The molecule has 0 spiro atoms. The number of aryl methyl sites for hydroxylation is 1. The first-order valence-corrected chi connectivity index (χ1v) is 6.30. The van der Waals surface area contributed by atoms with Crippen molar-refractivity contribution in [2.24, 2.45) is 11.7 Å². The molecular formula is C14H20N2O. The zero-order valence-electron chi connectivity index (χ0n) is 10.7. The lowest BCUT2D eigenvalue weighted by molar-refractivity contribution is 0.375. The van der Waals surface area contributed by atoms with Gasteiger partial charge in [-0.1, -0.05) is 33.3 Å². The minimum absolute atomic E-state index is 0.113. The van der Waals surface area contributed by atoms with Gasteiger partial charge in [-0.25, -0.2) is 4.98 Å². The Kier molecular flexibility index (Phi) is 3.48. The van der Waals surface area contributed by atoms with Crippen LogP contribution >= 0.6 is 0 Å². The normalized spacial score (nSPS) is 15.1. The van der Waals surface area contributed by atoms with E-state index in [-0.39, 0.29) is 6.04 Å².